The van der Waals surface area contributed by atoms with Crippen LogP contribution < -0.4 is 15.4 Å². The molecule has 2 amide bonds. The minimum absolute atomic E-state index is 0.0135. The zero-order valence-electron chi connectivity index (χ0n) is 15.6. The van der Waals surface area contributed by atoms with Gasteiger partial charge in [-0.15, -0.1) is 0 Å². The molecule has 0 aliphatic rings. The molecule has 27 heavy (non-hydrogen) atoms. The second kappa shape index (κ2) is 9.78. The van der Waals surface area contributed by atoms with E-state index >= 15 is 0 Å². The van der Waals surface area contributed by atoms with Gasteiger partial charge < -0.3 is 15.4 Å². The Balaban J connectivity index is 2.12. The summed E-state index contributed by atoms with van der Waals surface area (Å²) in [5.74, 6) is 0.123. The van der Waals surface area contributed by atoms with Gasteiger partial charge in [0.05, 0.1) is 17.3 Å². The van der Waals surface area contributed by atoms with Gasteiger partial charge in [0.2, 0.25) is 5.91 Å². The zero-order chi connectivity index (χ0) is 19.8. The normalized spacial score (nSPS) is 10.9. The third kappa shape index (κ3) is 6.15. The summed E-state index contributed by atoms with van der Waals surface area (Å²) < 4.78 is 5.53. The van der Waals surface area contributed by atoms with E-state index in [1.165, 1.54) is 6.08 Å². The highest BCUT2D eigenvalue weighted by Crippen LogP contribution is 2.24. The van der Waals surface area contributed by atoms with E-state index < -0.39 is 0 Å². The number of carbonyl (C=O) groups excluding carboxylic acids is 2. The van der Waals surface area contributed by atoms with Gasteiger partial charge in [0.15, 0.2) is 0 Å². The van der Waals surface area contributed by atoms with Gasteiger partial charge in [-0.2, -0.15) is 0 Å². The van der Waals surface area contributed by atoms with Crippen molar-refractivity contribution in [2.75, 3.05) is 11.9 Å². The highest BCUT2D eigenvalue weighted by Gasteiger charge is 2.11. The first-order valence-corrected chi connectivity index (χ1v) is 9.09. The largest absolute Gasteiger partial charge is 0.493 e. The summed E-state index contributed by atoms with van der Waals surface area (Å²) in [6.45, 7) is 6.19. The van der Waals surface area contributed by atoms with E-state index in [0.717, 1.165) is 5.56 Å². The van der Waals surface area contributed by atoms with E-state index in [1.54, 1.807) is 24.3 Å². The SMILES string of the molecule is CCOc1ccccc1/C=C/C(=O)Nc1cc(C(=O)NC(C)C)ccc1Cl. The van der Waals surface area contributed by atoms with E-state index in [1.807, 2.05) is 45.0 Å². The Morgan fingerprint density at radius 2 is 1.93 bits per heavy atom. The topological polar surface area (TPSA) is 67.4 Å². The molecule has 0 saturated carbocycles. The monoisotopic (exact) mass is 386 g/mol. The lowest BCUT2D eigenvalue weighted by atomic mass is 10.1. The maximum atomic E-state index is 12.3. The molecule has 142 valence electrons. The smallest absolute Gasteiger partial charge is 0.251 e. The van der Waals surface area contributed by atoms with Gasteiger partial charge >= 0.3 is 0 Å². The van der Waals surface area contributed by atoms with Crippen molar-refractivity contribution in [1.82, 2.24) is 5.32 Å². The average Bonchev–Trinajstić information content (AvgIpc) is 2.62. The summed E-state index contributed by atoms with van der Waals surface area (Å²) in [5, 5.41) is 5.86. The molecule has 2 rings (SSSR count). The average molecular weight is 387 g/mol. The Morgan fingerprint density at radius 1 is 1.19 bits per heavy atom. The molecule has 0 heterocycles. The number of amides is 2. The van der Waals surface area contributed by atoms with Crippen molar-refractivity contribution in [3.05, 3.63) is 64.7 Å². The van der Waals surface area contributed by atoms with Crippen LogP contribution in [-0.2, 0) is 4.79 Å². The molecule has 6 heteroatoms. The number of rotatable bonds is 7. The summed E-state index contributed by atoms with van der Waals surface area (Å²) in [5.41, 5.74) is 1.60. The van der Waals surface area contributed by atoms with Crippen molar-refractivity contribution in [3.8, 4) is 5.75 Å². The molecule has 0 fully saturated rings. The number of halogens is 1. The van der Waals surface area contributed by atoms with Gasteiger partial charge in [-0.05, 0) is 51.1 Å². The predicted octanol–water partition coefficient (Wildman–Crippen LogP) is 4.53. The number of carbonyl (C=O) groups is 2. The van der Waals surface area contributed by atoms with E-state index in [-0.39, 0.29) is 17.9 Å². The van der Waals surface area contributed by atoms with Gasteiger partial charge in [-0.25, -0.2) is 0 Å². The van der Waals surface area contributed by atoms with Gasteiger partial charge in [0.25, 0.3) is 5.91 Å². The Labute approximate surface area is 164 Å². The van der Waals surface area contributed by atoms with Crippen LogP contribution in [0.4, 0.5) is 5.69 Å². The molecule has 2 aromatic carbocycles. The molecular formula is C21H23ClN2O3. The Morgan fingerprint density at radius 3 is 2.63 bits per heavy atom. The van der Waals surface area contributed by atoms with Crippen molar-refractivity contribution < 1.29 is 14.3 Å². The minimum atomic E-state index is -0.357. The second-order valence-electron chi connectivity index (χ2n) is 6.12. The van der Waals surface area contributed by atoms with E-state index in [4.69, 9.17) is 16.3 Å². The standard InChI is InChI=1S/C21H23ClN2O3/c1-4-27-19-8-6-5-7-15(19)10-12-20(25)24-18-13-16(9-11-17(18)22)21(26)23-14(2)3/h5-14H,4H2,1-3H3,(H,23,26)(H,24,25)/b12-10+. The summed E-state index contributed by atoms with van der Waals surface area (Å²) in [6, 6.07) is 12.2. The summed E-state index contributed by atoms with van der Waals surface area (Å²) >= 11 is 6.14. The molecular weight excluding hydrogens is 364 g/mol. The number of hydrogen-bond acceptors (Lipinski definition) is 3. The number of nitrogens with one attached hydrogen (secondary N) is 2. The van der Waals surface area contributed by atoms with Crippen molar-refractivity contribution in [3.63, 3.8) is 0 Å². The zero-order valence-corrected chi connectivity index (χ0v) is 16.3. The molecule has 0 spiro atoms. The first kappa shape index (κ1) is 20.5. The molecule has 2 N–H and O–H groups in total. The molecule has 0 aliphatic heterocycles. The molecule has 0 aliphatic carbocycles. The van der Waals surface area contributed by atoms with E-state index in [9.17, 15) is 9.59 Å². The maximum Gasteiger partial charge on any atom is 0.251 e. The van der Waals surface area contributed by atoms with Crippen LogP contribution in [0.3, 0.4) is 0 Å². The molecule has 0 radical (unpaired) electrons. The lowest BCUT2D eigenvalue weighted by Gasteiger charge is -2.11. The fraction of sp³-hybridized carbons (Fsp3) is 0.238. The number of benzene rings is 2. The summed E-state index contributed by atoms with van der Waals surface area (Å²) in [4.78, 5) is 24.4. The molecule has 0 aromatic heterocycles. The third-order valence-corrected chi connectivity index (χ3v) is 3.87. The van der Waals surface area contributed by atoms with Gasteiger partial charge in [0, 0.05) is 23.2 Å². The number of hydrogen-bond donors (Lipinski definition) is 2. The Bertz CT molecular complexity index is 847. The lowest BCUT2D eigenvalue weighted by molar-refractivity contribution is -0.111. The number of para-hydroxylation sites is 1. The summed E-state index contributed by atoms with van der Waals surface area (Å²) in [7, 11) is 0. The molecule has 2 aromatic rings. The van der Waals surface area contributed by atoms with Gasteiger partial charge in [0.1, 0.15) is 5.75 Å². The lowest BCUT2D eigenvalue weighted by Crippen LogP contribution is -2.30. The molecule has 5 nitrogen and oxygen atoms in total. The Kier molecular flexibility index (Phi) is 7.44. The van der Waals surface area contributed by atoms with Crippen molar-refractivity contribution in [2.24, 2.45) is 0 Å². The van der Waals surface area contributed by atoms with Crippen LogP contribution in [0.1, 0.15) is 36.7 Å². The predicted molar refractivity (Wildman–Crippen MR) is 109 cm³/mol. The number of ether oxygens (including phenoxy) is 1. The van der Waals surface area contributed by atoms with Gasteiger partial charge in [-0.3, -0.25) is 9.59 Å². The fourth-order valence-electron chi connectivity index (χ4n) is 2.35. The van der Waals surface area contributed by atoms with Crippen LogP contribution in [0.15, 0.2) is 48.5 Å². The quantitative estimate of drug-likeness (QED) is 0.687. The molecule has 0 unspecified atom stereocenters. The summed E-state index contributed by atoms with van der Waals surface area (Å²) in [6.07, 6.45) is 3.07. The van der Waals surface area contributed by atoms with Crippen molar-refractivity contribution >= 4 is 35.2 Å². The second-order valence-corrected chi connectivity index (χ2v) is 6.52. The van der Waals surface area contributed by atoms with Crippen LogP contribution in [0.25, 0.3) is 6.08 Å². The highest BCUT2D eigenvalue weighted by molar-refractivity contribution is 6.34. The van der Waals surface area contributed by atoms with Crippen LogP contribution in [0.2, 0.25) is 5.02 Å². The Hall–Kier alpha value is -2.79. The third-order valence-electron chi connectivity index (χ3n) is 3.54. The van der Waals surface area contributed by atoms with Crippen LogP contribution in [-0.4, -0.2) is 24.5 Å². The minimum Gasteiger partial charge on any atom is -0.493 e. The molecule has 0 atom stereocenters. The first-order chi connectivity index (χ1) is 12.9. The van der Waals surface area contributed by atoms with E-state index in [0.29, 0.717) is 28.6 Å². The van der Waals surface area contributed by atoms with Gasteiger partial charge in [-0.1, -0.05) is 29.8 Å². The van der Waals surface area contributed by atoms with Crippen LogP contribution in [0, 0.1) is 0 Å². The van der Waals surface area contributed by atoms with E-state index in [2.05, 4.69) is 10.6 Å². The first-order valence-electron chi connectivity index (χ1n) is 8.72. The molecule has 0 bridgehead atoms. The number of anilines is 1. The molecule has 0 saturated heterocycles. The van der Waals surface area contributed by atoms with Crippen LogP contribution >= 0.6 is 11.6 Å². The maximum absolute atomic E-state index is 12.3. The van der Waals surface area contributed by atoms with Crippen molar-refractivity contribution in [2.45, 2.75) is 26.8 Å². The van der Waals surface area contributed by atoms with Crippen LogP contribution in [0.5, 0.6) is 5.75 Å². The highest BCUT2D eigenvalue weighted by atomic mass is 35.5. The van der Waals surface area contributed by atoms with Crippen molar-refractivity contribution in [1.29, 1.82) is 0 Å². The fourth-order valence-corrected chi connectivity index (χ4v) is 2.52.